The molecule has 0 bridgehead atoms. The molecule has 1 aromatic heterocycles. The van der Waals surface area contributed by atoms with Crippen molar-refractivity contribution in [3.8, 4) is 11.3 Å². The molecule has 5 nitrogen and oxygen atoms in total. The molecule has 2 aromatic rings. The molecule has 0 saturated heterocycles. The Kier molecular flexibility index (Phi) is 3.49. The molecule has 1 amide bonds. The number of carbonyl (C=O) groups excluding carboxylic acids is 1. The van der Waals surface area contributed by atoms with Crippen LogP contribution in [0.25, 0.3) is 11.3 Å². The lowest BCUT2D eigenvalue weighted by Crippen LogP contribution is -2.24. The topological polar surface area (TPSA) is 70.7 Å². The maximum Gasteiger partial charge on any atom is 0.274 e. The number of hydrogen-bond donors (Lipinski definition) is 2. The van der Waals surface area contributed by atoms with Crippen molar-refractivity contribution in [3.05, 3.63) is 36.0 Å². The Balaban J connectivity index is 2.26. The van der Waals surface area contributed by atoms with E-state index >= 15 is 0 Å². The van der Waals surface area contributed by atoms with Crippen LogP contribution in [-0.4, -0.2) is 27.9 Å². The zero-order valence-corrected chi connectivity index (χ0v) is 9.60. The Morgan fingerprint density at radius 2 is 2.06 bits per heavy atom. The summed E-state index contributed by atoms with van der Waals surface area (Å²) in [5.74, 6) is -0.195. The number of aromatic nitrogens is 3. The van der Waals surface area contributed by atoms with E-state index in [-0.39, 0.29) is 5.91 Å². The summed E-state index contributed by atoms with van der Waals surface area (Å²) in [5, 5.41) is 13.2. The van der Waals surface area contributed by atoms with Gasteiger partial charge in [0.05, 0.1) is 0 Å². The first-order valence-electron chi connectivity index (χ1n) is 5.57. The molecule has 5 heteroatoms. The van der Waals surface area contributed by atoms with Crippen LogP contribution in [0.5, 0.6) is 0 Å². The van der Waals surface area contributed by atoms with Crippen molar-refractivity contribution < 1.29 is 4.79 Å². The number of H-pyrrole nitrogens is 1. The van der Waals surface area contributed by atoms with Crippen LogP contribution in [0, 0.1) is 0 Å². The molecule has 0 aliphatic rings. The van der Waals surface area contributed by atoms with E-state index in [0.29, 0.717) is 17.9 Å². The first kappa shape index (κ1) is 11.3. The summed E-state index contributed by atoms with van der Waals surface area (Å²) in [6.45, 7) is 2.64. The molecule has 0 unspecified atom stereocenters. The van der Waals surface area contributed by atoms with E-state index in [1.54, 1.807) is 0 Å². The van der Waals surface area contributed by atoms with Gasteiger partial charge in [-0.1, -0.05) is 37.3 Å². The molecular weight excluding hydrogens is 216 g/mol. The molecule has 0 saturated carbocycles. The van der Waals surface area contributed by atoms with Crippen LogP contribution in [0.2, 0.25) is 0 Å². The molecule has 88 valence electrons. The highest BCUT2D eigenvalue weighted by atomic mass is 16.2. The number of nitrogens with zero attached hydrogens (tertiary/aromatic N) is 2. The highest BCUT2D eigenvalue weighted by Gasteiger charge is 2.16. The molecule has 1 aromatic carbocycles. The fourth-order valence-electron chi connectivity index (χ4n) is 1.51. The van der Waals surface area contributed by atoms with Crippen molar-refractivity contribution in [1.29, 1.82) is 0 Å². The van der Waals surface area contributed by atoms with Gasteiger partial charge in [0.25, 0.3) is 5.91 Å². The Bertz CT molecular complexity index is 492. The van der Waals surface area contributed by atoms with Crippen LogP contribution in [-0.2, 0) is 0 Å². The van der Waals surface area contributed by atoms with Crippen LogP contribution in [0.3, 0.4) is 0 Å². The van der Waals surface area contributed by atoms with Crippen molar-refractivity contribution in [1.82, 2.24) is 20.7 Å². The van der Waals surface area contributed by atoms with Crippen molar-refractivity contribution in [2.45, 2.75) is 13.3 Å². The summed E-state index contributed by atoms with van der Waals surface area (Å²) in [5.41, 5.74) is 1.80. The standard InChI is InChI=1S/C12H14N4O/c1-2-8-13-12(17)11-10(14-16-15-11)9-6-4-3-5-7-9/h3-7H,2,8H2,1H3,(H,13,17)(H,14,15,16). The van der Waals surface area contributed by atoms with Gasteiger partial charge < -0.3 is 5.32 Å². The Morgan fingerprint density at radius 3 is 2.76 bits per heavy atom. The fourth-order valence-corrected chi connectivity index (χ4v) is 1.51. The molecule has 2 rings (SSSR count). The third kappa shape index (κ3) is 2.50. The van der Waals surface area contributed by atoms with Gasteiger partial charge in [0.1, 0.15) is 5.69 Å². The second-order valence-corrected chi connectivity index (χ2v) is 3.64. The van der Waals surface area contributed by atoms with Gasteiger partial charge in [0, 0.05) is 12.1 Å². The second kappa shape index (κ2) is 5.25. The van der Waals surface area contributed by atoms with Crippen LogP contribution in [0.4, 0.5) is 0 Å². The van der Waals surface area contributed by atoms with Crippen molar-refractivity contribution in [3.63, 3.8) is 0 Å². The molecule has 0 fully saturated rings. The molecule has 1 heterocycles. The molecule has 17 heavy (non-hydrogen) atoms. The molecule has 0 aliphatic heterocycles. The lowest BCUT2D eigenvalue weighted by molar-refractivity contribution is 0.0949. The van der Waals surface area contributed by atoms with Crippen LogP contribution in [0.1, 0.15) is 23.8 Å². The van der Waals surface area contributed by atoms with Gasteiger partial charge in [-0.3, -0.25) is 4.79 Å². The normalized spacial score (nSPS) is 10.2. The Labute approximate surface area is 99.2 Å². The Morgan fingerprint density at radius 1 is 1.29 bits per heavy atom. The number of amides is 1. The van der Waals surface area contributed by atoms with Crippen LogP contribution < -0.4 is 5.32 Å². The average molecular weight is 230 g/mol. The summed E-state index contributed by atoms with van der Waals surface area (Å²) in [7, 11) is 0. The maximum absolute atomic E-state index is 11.8. The van der Waals surface area contributed by atoms with Gasteiger partial charge in [0.2, 0.25) is 0 Å². The van der Waals surface area contributed by atoms with Crippen molar-refractivity contribution >= 4 is 5.91 Å². The highest BCUT2D eigenvalue weighted by molar-refractivity contribution is 5.97. The number of rotatable bonds is 4. The van der Waals surface area contributed by atoms with Gasteiger partial charge in [-0.05, 0) is 6.42 Å². The van der Waals surface area contributed by atoms with E-state index in [0.717, 1.165) is 12.0 Å². The fraction of sp³-hybridized carbons (Fsp3) is 0.250. The predicted molar refractivity (Wildman–Crippen MR) is 64.4 cm³/mol. The lowest BCUT2D eigenvalue weighted by atomic mass is 10.1. The SMILES string of the molecule is CCCNC(=O)c1n[nH]nc1-c1ccccc1. The summed E-state index contributed by atoms with van der Waals surface area (Å²) in [4.78, 5) is 11.8. The van der Waals surface area contributed by atoms with Gasteiger partial charge >= 0.3 is 0 Å². The van der Waals surface area contributed by atoms with E-state index < -0.39 is 0 Å². The van der Waals surface area contributed by atoms with E-state index in [4.69, 9.17) is 0 Å². The van der Waals surface area contributed by atoms with E-state index in [9.17, 15) is 4.79 Å². The average Bonchev–Trinajstić information content (AvgIpc) is 2.86. The van der Waals surface area contributed by atoms with Gasteiger partial charge in [0.15, 0.2) is 5.69 Å². The number of nitrogens with one attached hydrogen (secondary N) is 2. The molecule has 0 atom stereocenters. The summed E-state index contributed by atoms with van der Waals surface area (Å²) < 4.78 is 0. The van der Waals surface area contributed by atoms with Crippen LogP contribution >= 0.6 is 0 Å². The first-order chi connectivity index (χ1) is 8.33. The first-order valence-corrected chi connectivity index (χ1v) is 5.57. The molecule has 2 N–H and O–H groups in total. The Hall–Kier alpha value is -2.17. The maximum atomic E-state index is 11.8. The van der Waals surface area contributed by atoms with Crippen molar-refractivity contribution in [2.75, 3.05) is 6.54 Å². The third-order valence-electron chi connectivity index (χ3n) is 2.35. The summed E-state index contributed by atoms with van der Waals surface area (Å²) in [6.07, 6.45) is 0.893. The van der Waals surface area contributed by atoms with Gasteiger partial charge in [-0.15, -0.1) is 0 Å². The number of aromatic amines is 1. The lowest BCUT2D eigenvalue weighted by Gasteiger charge is -2.02. The number of hydrogen-bond acceptors (Lipinski definition) is 3. The molecular formula is C12H14N4O. The quantitative estimate of drug-likeness (QED) is 0.838. The second-order valence-electron chi connectivity index (χ2n) is 3.64. The monoisotopic (exact) mass is 230 g/mol. The van der Waals surface area contributed by atoms with E-state index in [1.807, 2.05) is 37.3 Å². The minimum Gasteiger partial charge on any atom is -0.351 e. The smallest absolute Gasteiger partial charge is 0.274 e. The summed E-state index contributed by atoms with van der Waals surface area (Å²) in [6, 6.07) is 9.51. The predicted octanol–water partition coefficient (Wildman–Crippen LogP) is 1.61. The zero-order valence-electron chi connectivity index (χ0n) is 9.60. The van der Waals surface area contributed by atoms with E-state index in [1.165, 1.54) is 0 Å². The summed E-state index contributed by atoms with van der Waals surface area (Å²) >= 11 is 0. The van der Waals surface area contributed by atoms with Gasteiger partial charge in [-0.25, -0.2) is 0 Å². The van der Waals surface area contributed by atoms with E-state index in [2.05, 4.69) is 20.7 Å². The zero-order chi connectivity index (χ0) is 12.1. The number of carbonyl (C=O) groups is 1. The number of benzene rings is 1. The molecule has 0 radical (unpaired) electrons. The minimum absolute atomic E-state index is 0.195. The highest BCUT2D eigenvalue weighted by Crippen LogP contribution is 2.18. The molecule has 0 aliphatic carbocycles. The minimum atomic E-state index is -0.195. The molecule has 0 spiro atoms. The van der Waals surface area contributed by atoms with Gasteiger partial charge in [-0.2, -0.15) is 15.4 Å². The van der Waals surface area contributed by atoms with Crippen LogP contribution in [0.15, 0.2) is 30.3 Å². The third-order valence-corrected chi connectivity index (χ3v) is 2.35. The van der Waals surface area contributed by atoms with Crippen molar-refractivity contribution in [2.24, 2.45) is 0 Å². The largest absolute Gasteiger partial charge is 0.351 e.